The van der Waals surface area contributed by atoms with Gasteiger partial charge in [0.1, 0.15) is 0 Å². The van der Waals surface area contributed by atoms with Gasteiger partial charge in [-0.15, -0.1) is 0 Å². The molecule has 0 amide bonds. The van der Waals surface area contributed by atoms with E-state index in [-0.39, 0.29) is 0 Å². The van der Waals surface area contributed by atoms with Crippen molar-refractivity contribution in [3.8, 4) is 0 Å². The Bertz CT molecular complexity index is 99.1. The molecule has 1 unspecified atom stereocenters. The van der Waals surface area contributed by atoms with Gasteiger partial charge in [-0.25, -0.2) is 0 Å². The number of hydrogen-bond acceptors (Lipinski definition) is 1. The SMILES string of the molecule is C[N+]1(C)CCCC(N)C1. The van der Waals surface area contributed by atoms with E-state index in [0.717, 1.165) is 11.0 Å². The van der Waals surface area contributed by atoms with Crippen LogP contribution in [0.2, 0.25) is 0 Å². The summed E-state index contributed by atoms with van der Waals surface area (Å²) in [6.45, 7) is 2.45. The maximum Gasteiger partial charge on any atom is 0.0936 e. The maximum absolute atomic E-state index is 5.79. The lowest BCUT2D eigenvalue weighted by Crippen LogP contribution is -2.52. The summed E-state index contributed by atoms with van der Waals surface area (Å²) in [6, 6.07) is 0.453. The summed E-state index contributed by atoms with van der Waals surface area (Å²) in [5.41, 5.74) is 5.79. The lowest BCUT2D eigenvalue weighted by molar-refractivity contribution is -0.895. The van der Waals surface area contributed by atoms with Crippen LogP contribution in [0.5, 0.6) is 0 Å². The fourth-order valence-corrected chi connectivity index (χ4v) is 1.60. The van der Waals surface area contributed by atoms with Crippen LogP contribution in [0.3, 0.4) is 0 Å². The van der Waals surface area contributed by atoms with Crippen molar-refractivity contribution in [3.05, 3.63) is 0 Å². The summed E-state index contributed by atoms with van der Waals surface area (Å²) in [6.07, 6.45) is 2.52. The van der Waals surface area contributed by atoms with Gasteiger partial charge in [0.15, 0.2) is 0 Å². The molecule has 0 aromatic carbocycles. The number of nitrogens with two attached hydrogens (primary N) is 1. The van der Waals surface area contributed by atoms with E-state index in [1.807, 2.05) is 0 Å². The third kappa shape index (κ3) is 1.95. The first-order valence-corrected chi connectivity index (χ1v) is 3.68. The van der Waals surface area contributed by atoms with E-state index in [0.29, 0.717) is 6.04 Å². The molecule has 0 aromatic rings. The number of rotatable bonds is 0. The van der Waals surface area contributed by atoms with Gasteiger partial charge in [-0.05, 0) is 12.8 Å². The largest absolute Gasteiger partial charge is 0.327 e. The molecule has 1 rings (SSSR count). The summed E-state index contributed by atoms with van der Waals surface area (Å²) < 4.78 is 1.11. The Morgan fingerprint density at radius 1 is 1.44 bits per heavy atom. The minimum Gasteiger partial charge on any atom is -0.327 e. The smallest absolute Gasteiger partial charge is 0.0936 e. The van der Waals surface area contributed by atoms with E-state index in [9.17, 15) is 0 Å². The minimum atomic E-state index is 0.453. The monoisotopic (exact) mass is 129 g/mol. The molecule has 1 saturated heterocycles. The van der Waals surface area contributed by atoms with Crippen LogP contribution >= 0.6 is 0 Å². The van der Waals surface area contributed by atoms with Crippen molar-refractivity contribution in [2.45, 2.75) is 18.9 Å². The van der Waals surface area contributed by atoms with E-state index >= 15 is 0 Å². The second-order valence-corrected chi connectivity index (χ2v) is 3.74. The molecule has 54 valence electrons. The van der Waals surface area contributed by atoms with Gasteiger partial charge < -0.3 is 10.2 Å². The van der Waals surface area contributed by atoms with Crippen molar-refractivity contribution >= 4 is 0 Å². The van der Waals surface area contributed by atoms with E-state index in [1.54, 1.807) is 0 Å². The molecule has 2 N–H and O–H groups in total. The molecule has 1 aliphatic heterocycles. The predicted octanol–water partition coefficient (Wildman–Crippen LogP) is 0.184. The standard InChI is InChI=1S/C7H17N2/c1-9(2)5-3-4-7(8)6-9/h7H,3-6,8H2,1-2H3/q+1. The predicted molar refractivity (Wildman–Crippen MR) is 39.1 cm³/mol. The molecule has 1 heterocycles. The first-order chi connectivity index (χ1) is 4.10. The van der Waals surface area contributed by atoms with Gasteiger partial charge in [0.25, 0.3) is 0 Å². The van der Waals surface area contributed by atoms with Crippen LogP contribution in [-0.2, 0) is 0 Å². The maximum atomic E-state index is 5.79. The average Bonchev–Trinajstić information content (AvgIpc) is 1.60. The molecule has 0 spiro atoms. The molecule has 0 radical (unpaired) electrons. The Balaban J connectivity index is 2.41. The normalized spacial score (nSPS) is 34.3. The number of hydrogen-bond donors (Lipinski definition) is 1. The van der Waals surface area contributed by atoms with E-state index < -0.39 is 0 Å². The van der Waals surface area contributed by atoms with Crippen LogP contribution in [0.4, 0.5) is 0 Å². The van der Waals surface area contributed by atoms with Gasteiger partial charge in [0.2, 0.25) is 0 Å². The van der Waals surface area contributed by atoms with Crippen molar-refractivity contribution in [1.29, 1.82) is 0 Å². The van der Waals surface area contributed by atoms with E-state index in [2.05, 4.69) is 14.1 Å². The Hall–Kier alpha value is -0.0800. The molecule has 1 aliphatic rings. The molecule has 0 aliphatic carbocycles. The van der Waals surface area contributed by atoms with Crippen LogP contribution in [0.15, 0.2) is 0 Å². The van der Waals surface area contributed by atoms with E-state index in [4.69, 9.17) is 5.73 Å². The first-order valence-electron chi connectivity index (χ1n) is 3.68. The van der Waals surface area contributed by atoms with Crippen molar-refractivity contribution in [2.75, 3.05) is 27.2 Å². The lowest BCUT2D eigenvalue weighted by atomic mass is 10.1. The summed E-state index contributed by atoms with van der Waals surface area (Å²) in [7, 11) is 4.50. The highest BCUT2D eigenvalue weighted by Gasteiger charge is 2.24. The molecule has 1 atom stereocenters. The van der Waals surface area contributed by atoms with Crippen molar-refractivity contribution in [3.63, 3.8) is 0 Å². The zero-order valence-electron chi connectivity index (χ0n) is 6.43. The first kappa shape index (κ1) is 7.03. The van der Waals surface area contributed by atoms with E-state index in [1.165, 1.54) is 19.4 Å². The van der Waals surface area contributed by atoms with Gasteiger partial charge in [-0.2, -0.15) is 0 Å². The Kier molecular flexibility index (Phi) is 1.78. The number of quaternary nitrogens is 1. The quantitative estimate of drug-likeness (QED) is 0.464. The van der Waals surface area contributed by atoms with Crippen LogP contribution < -0.4 is 5.73 Å². The van der Waals surface area contributed by atoms with Gasteiger partial charge in [0.05, 0.1) is 33.2 Å². The second-order valence-electron chi connectivity index (χ2n) is 3.74. The highest BCUT2D eigenvalue weighted by atomic mass is 15.3. The third-order valence-corrected chi connectivity index (χ3v) is 2.07. The Morgan fingerprint density at radius 3 is 2.44 bits per heavy atom. The number of nitrogens with zero attached hydrogens (tertiary/aromatic N) is 1. The summed E-state index contributed by atoms with van der Waals surface area (Å²) in [5, 5.41) is 0. The molecule has 0 aromatic heterocycles. The van der Waals surface area contributed by atoms with Crippen LogP contribution in [-0.4, -0.2) is 37.7 Å². The van der Waals surface area contributed by atoms with Crippen molar-refractivity contribution in [1.82, 2.24) is 0 Å². The minimum absolute atomic E-state index is 0.453. The zero-order chi connectivity index (χ0) is 6.91. The van der Waals surface area contributed by atoms with Crippen molar-refractivity contribution < 1.29 is 4.48 Å². The Morgan fingerprint density at radius 2 is 2.11 bits per heavy atom. The molecular weight excluding hydrogens is 112 g/mol. The fraction of sp³-hybridized carbons (Fsp3) is 1.00. The number of likely N-dealkylation sites (N-methyl/N-ethyl adjacent to an activating group) is 1. The molecule has 9 heavy (non-hydrogen) atoms. The van der Waals surface area contributed by atoms with Crippen LogP contribution in [0, 0.1) is 0 Å². The summed E-state index contributed by atoms with van der Waals surface area (Å²) in [4.78, 5) is 0. The van der Waals surface area contributed by atoms with Gasteiger partial charge in [-0.3, -0.25) is 0 Å². The molecule has 0 bridgehead atoms. The summed E-state index contributed by atoms with van der Waals surface area (Å²) in [5.74, 6) is 0. The summed E-state index contributed by atoms with van der Waals surface area (Å²) >= 11 is 0. The number of likely N-dealkylation sites (tertiary alicyclic amines) is 1. The molecule has 0 saturated carbocycles. The lowest BCUT2D eigenvalue weighted by Gasteiger charge is -2.36. The molecule has 2 heteroatoms. The average molecular weight is 129 g/mol. The third-order valence-electron chi connectivity index (χ3n) is 2.07. The molecular formula is C7H17N2+. The van der Waals surface area contributed by atoms with Gasteiger partial charge in [-0.1, -0.05) is 0 Å². The van der Waals surface area contributed by atoms with Crippen molar-refractivity contribution in [2.24, 2.45) is 5.73 Å². The molecule has 1 fully saturated rings. The Labute approximate surface area is 57.2 Å². The number of piperidine rings is 1. The van der Waals surface area contributed by atoms with Crippen LogP contribution in [0.1, 0.15) is 12.8 Å². The highest BCUT2D eigenvalue weighted by molar-refractivity contribution is 4.64. The van der Waals surface area contributed by atoms with Crippen LogP contribution in [0.25, 0.3) is 0 Å². The zero-order valence-corrected chi connectivity index (χ0v) is 6.43. The topological polar surface area (TPSA) is 26.0 Å². The van der Waals surface area contributed by atoms with Gasteiger partial charge in [0, 0.05) is 0 Å². The fourth-order valence-electron chi connectivity index (χ4n) is 1.60. The second kappa shape index (κ2) is 2.27. The highest BCUT2D eigenvalue weighted by Crippen LogP contribution is 2.11. The van der Waals surface area contributed by atoms with Gasteiger partial charge >= 0.3 is 0 Å². The molecule has 2 nitrogen and oxygen atoms in total.